The maximum atomic E-state index is 11.0. The van der Waals surface area contributed by atoms with Gasteiger partial charge in [0.05, 0.1) is 0 Å². The first-order chi connectivity index (χ1) is 8.05. The molecule has 0 fully saturated rings. The molecule has 0 aliphatic rings. The second kappa shape index (κ2) is 5.43. The molecular formula is C6H8N6O5. The molecule has 0 radical (unpaired) electrons. The Bertz CT molecular complexity index is 445. The number of carbonyl (C=O) groups is 2. The average molecular weight is 244 g/mol. The predicted molar refractivity (Wildman–Crippen MR) is 52.7 cm³/mol. The number of nitrogens with one attached hydrogen (secondary N) is 5. The van der Waals surface area contributed by atoms with Gasteiger partial charge in [-0.1, -0.05) is 0 Å². The van der Waals surface area contributed by atoms with Gasteiger partial charge in [-0.2, -0.15) is 4.98 Å². The predicted octanol–water partition coefficient (Wildman–Crippen LogP) is -1.21. The minimum atomic E-state index is -1.01. The molecule has 1 aromatic heterocycles. The molecule has 4 amide bonds. The normalized spacial score (nSPS) is 9.29. The number of nitrogens with zero attached hydrogens (tertiary/aromatic N) is 1. The first-order valence-corrected chi connectivity index (χ1v) is 4.08. The van der Waals surface area contributed by atoms with Crippen LogP contribution in [0.1, 0.15) is 0 Å². The molecule has 0 spiro atoms. The molecule has 1 heterocycles. The number of hydrogen-bond acceptors (Lipinski definition) is 6. The Morgan fingerprint density at radius 2 is 1.76 bits per heavy atom. The van der Waals surface area contributed by atoms with Gasteiger partial charge in [0.1, 0.15) is 11.6 Å². The monoisotopic (exact) mass is 244 g/mol. The molecule has 0 saturated heterocycles. The molecule has 0 atom stereocenters. The first-order valence-electron chi connectivity index (χ1n) is 4.08. The van der Waals surface area contributed by atoms with Crippen LogP contribution in [-0.2, 0) is 0 Å². The van der Waals surface area contributed by atoms with Crippen LogP contribution in [0.4, 0.5) is 21.2 Å². The number of carbonyl (C=O) groups excluding carboxylic acids is 2. The van der Waals surface area contributed by atoms with E-state index in [1.807, 2.05) is 10.6 Å². The summed E-state index contributed by atoms with van der Waals surface area (Å²) in [7, 11) is 0. The summed E-state index contributed by atoms with van der Waals surface area (Å²) in [5, 5.41) is 20.5. The van der Waals surface area contributed by atoms with Gasteiger partial charge in [0.25, 0.3) is 0 Å². The highest BCUT2D eigenvalue weighted by Crippen LogP contribution is 2.05. The maximum Gasteiger partial charge on any atom is 0.348 e. The van der Waals surface area contributed by atoms with E-state index in [4.69, 9.17) is 10.4 Å². The first kappa shape index (κ1) is 12.4. The molecule has 0 bridgehead atoms. The van der Waals surface area contributed by atoms with Crippen LogP contribution in [-0.4, -0.2) is 32.4 Å². The summed E-state index contributed by atoms with van der Waals surface area (Å²) < 4.78 is 0. The summed E-state index contributed by atoms with van der Waals surface area (Å²) in [5.41, 5.74) is 1.68. The number of hydrogen-bond donors (Lipinski definition) is 7. The molecule has 0 saturated carbocycles. The van der Waals surface area contributed by atoms with Crippen molar-refractivity contribution in [3.05, 3.63) is 16.6 Å². The van der Waals surface area contributed by atoms with Gasteiger partial charge >= 0.3 is 17.8 Å². The van der Waals surface area contributed by atoms with Crippen LogP contribution in [0.25, 0.3) is 0 Å². The van der Waals surface area contributed by atoms with E-state index in [1.54, 1.807) is 0 Å². The number of amides is 4. The van der Waals surface area contributed by atoms with E-state index in [2.05, 4.69) is 9.97 Å². The topological polar surface area (TPSA) is 168 Å². The van der Waals surface area contributed by atoms with E-state index in [0.29, 0.717) is 0 Å². The molecule has 1 aromatic rings. The van der Waals surface area contributed by atoms with Crippen molar-refractivity contribution < 1.29 is 20.0 Å². The minimum Gasteiger partial charge on any atom is -0.292 e. The summed E-state index contributed by atoms with van der Waals surface area (Å²) in [4.78, 5) is 37.9. The molecule has 17 heavy (non-hydrogen) atoms. The van der Waals surface area contributed by atoms with Gasteiger partial charge in [-0.05, 0) is 0 Å². The second-order valence-electron chi connectivity index (χ2n) is 2.62. The standard InChI is InChI=1S/C6H8N6O5/c13-4-7-2(9-5(14)11-16)1-3(8-4)10-6(15)12-17/h1,16-17H,(H5,7,8,9,10,11,12,13,14,15). The lowest BCUT2D eigenvalue weighted by Crippen LogP contribution is -2.29. The van der Waals surface area contributed by atoms with Crippen LogP contribution in [0, 0.1) is 0 Å². The Labute approximate surface area is 92.8 Å². The molecule has 11 nitrogen and oxygen atoms in total. The van der Waals surface area contributed by atoms with Crippen LogP contribution in [0.3, 0.4) is 0 Å². The van der Waals surface area contributed by atoms with Gasteiger partial charge in [0.15, 0.2) is 0 Å². The van der Waals surface area contributed by atoms with Gasteiger partial charge in [0, 0.05) is 6.07 Å². The summed E-state index contributed by atoms with van der Waals surface area (Å²) in [6.45, 7) is 0. The van der Waals surface area contributed by atoms with E-state index in [-0.39, 0.29) is 11.6 Å². The van der Waals surface area contributed by atoms with E-state index >= 15 is 0 Å². The summed E-state index contributed by atoms with van der Waals surface area (Å²) in [6, 6.07) is -0.920. The van der Waals surface area contributed by atoms with Crippen LogP contribution in [0.5, 0.6) is 0 Å². The summed E-state index contributed by atoms with van der Waals surface area (Å²) in [6.07, 6.45) is 0. The fraction of sp³-hybridized carbons (Fsp3) is 0. The number of aromatic amines is 1. The zero-order chi connectivity index (χ0) is 12.8. The van der Waals surface area contributed by atoms with Crippen molar-refractivity contribution in [2.45, 2.75) is 0 Å². The number of aromatic nitrogens is 2. The van der Waals surface area contributed by atoms with Crippen LogP contribution < -0.4 is 27.3 Å². The smallest absolute Gasteiger partial charge is 0.292 e. The third-order valence-electron chi connectivity index (χ3n) is 1.44. The number of rotatable bonds is 2. The van der Waals surface area contributed by atoms with Crippen molar-refractivity contribution in [2.75, 3.05) is 10.6 Å². The van der Waals surface area contributed by atoms with Crippen molar-refractivity contribution in [3.8, 4) is 0 Å². The number of hydroxylamine groups is 2. The fourth-order valence-electron chi connectivity index (χ4n) is 0.884. The number of anilines is 2. The highest BCUT2D eigenvalue weighted by molar-refractivity contribution is 5.90. The molecule has 0 aliphatic carbocycles. The van der Waals surface area contributed by atoms with Gasteiger partial charge < -0.3 is 0 Å². The molecular weight excluding hydrogens is 236 g/mol. The van der Waals surface area contributed by atoms with Crippen LogP contribution in [0.2, 0.25) is 0 Å². The Kier molecular flexibility index (Phi) is 3.96. The molecule has 1 rings (SSSR count). The number of H-pyrrole nitrogens is 1. The SMILES string of the molecule is O=C(NO)Nc1cc(NC(=O)NO)[nH]c(=O)n1. The molecule has 11 heteroatoms. The van der Waals surface area contributed by atoms with Crippen LogP contribution >= 0.6 is 0 Å². The van der Waals surface area contributed by atoms with Crippen molar-refractivity contribution in [1.29, 1.82) is 0 Å². The van der Waals surface area contributed by atoms with E-state index in [0.717, 1.165) is 6.07 Å². The summed E-state index contributed by atoms with van der Waals surface area (Å²) >= 11 is 0. The maximum absolute atomic E-state index is 11.0. The molecule has 7 N–H and O–H groups in total. The minimum absolute atomic E-state index is 0.121. The van der Waals surface area contributed by atoms with E-state index in [1.165, 1.54) is 11.0 Å². The Morgan fingerprint density at radius 1 is 1.18 bits per heavy atom. The molecule has 0 aliphatic heterocycles. The number of urea groups is 2. The third kappa shape index (κ3) is 3.77. The highest BCUT2D eigenvalue weighted by atomic mass is 16.5. The lowest BCUT2D eigenvalue weighted by Gasteiger charge is -2.05. The average Bonchev–Trinajstić information content (AvgIpc) is 2.27. The highest BCUT2D eigenvalue weighted by Gasteiger charge is 2.06. The Morgan fingerprint density at radius 3 is 2.35 bits per heavy atom. The summed E-state index contributed by atoms with van der Waals surface area (Å²) in [5.74, 6) is -0.335. The fourth-order valence-corrected chi connectivity index (χ4v) is 0.884. The third-order valence-corrected chi connectivity index (χ3v) is 1.44. The van der Waals surface area contributed by atoms with Gasteiger partial charge in [-0.15, -0.1) is 0 Å². The van der Waals surface area contributed by atoms with E-state index in [9.17, 15) is 14.4 Å². The van der Waals surface area contributed by atoms with Gasteiger partial charge in [-0.25, -0.2) is 25.3 Å². The van der Waals surface area contributed by atoms with Crippen LogP contribution in [0.15, 0.2) is 10.9 Å². The lowest BCUT2D eigenvalue weighted by atomic mass is 10.5. The largest absolute Gasteiger partial charge is 0.348 e. The second-order valence-corrected chi connectivity index (χ2v) is 2.62. The Hall–Kier alpha value is -2.66. The quantitative estimate of drug-likeness (QED) is 0.254. The van der Waals surface area contributed by atoms with E-state index < -0.39 is 17.8 Å². The Balaban J connectivity index is 2.90. The molecule has 0 unspecified atom stereocenters. The zero-order valence-corrected chi connectivity index (χ0v) is 8.14. The van der Waals surface area contributed by atoms with Crippen molar-refractivity contribution >= 4 is 23.7 Å². The lowest BCUT2D eigenvalue weighted by molar-refractivity contribution is 0.172. The van der Waals surface area contributed by atoms with Gasteiger partial charge in [0.2, 0.25) is 0 Å². The van der Waals surface area contributed by atoms with Gasteiger partial charge in [-0.3, -0.25) is 26.0 Å². The zero-order valence-electron chi connectivity index (χ0n) is 8.14. The molecule has 92 valence electrons. The van der Waals surface area contributed by atoms with Crippen molar-refractivity contribution in [2.24, 2.45) is 0 Å². The van der Waals surface area contributed by atoms with Crippen molar-refractivity contribution in [1.82, 2.24) is 20.9 Å². The molecule has 0 aromatic carbocycles. The van der Waals surface area contributed by atoms with Crippen molar-refractivity contribution in [3.63, 3.8) is 0 Å².